The highest BCUT2D eigenvalue weighted by Gasteiger charge is 2.45. The number of nitrogens with one attached hydrogen (secondary N) is 1. The maximum atomic E-state index is 12.1. The molecule has 5 heteroatoms. The number of rotatable bonds is 1. The Hall–Kier alpha value is -0.650. The van der Waals surface area contributed by atoms with Crippen molar-refractivity contribution < 1.29 is 14.6 Å². The largest absolute Gasteiger partial charge is 0.393 e. The molecule has 0 bridgehead atoms. The first-order valence-electron chi connectivity index (χ1n) is 6.50. The summed E-state index contributed by atoms with van der Waals surface area (Å²) >= 11 is 0. The fraction of sp³-hybridized carbons (Fsp3) is 0.917. The SMILES string of the molecule is O=C(C1CNC1)N1CC[C@]2(C[C@@H](O)CCO2)C1. The number of ether oxygens (including phenoxy) is 1. The lowest BCUT2D eigenvalue weighted by atomic mass is 9.91. The normalized spacial score (nSPS) is 38.4. The first-order chi connectivity index (χ1) is 8.19. The van der Waals surface area contributed by atoms with Gasteiger partial charge in [-0.25, -0.2) is 0 Å². The summed E-state index contributed by atoms with van der Waals surface area (Å²) in [5.74, 6) is 0.419. The maximum Gasteiger partial charge on any atom is 0.228 e. The molecule has 0 saturated carbocycles. The van der Waals surface area contributed by atoms with Gasteiger partial charge in [-0.15, -0.1) is 0 Å². The maximum absolute atomic E-state index is 12.1. The molecule has 3 aliphatic heterocycles. The molecule has 1 spiro atoms. The van der Waals surface area contributed by atoms with E-state index in [1.54, 1.807) is 0 Å². The number of aliphatic hydroxyl groups excluding tert-OH is 1. The molecule has 1 amide bonds. The quantitative estimate of drug-likeness (QED) is 0.639. The number of amides is 1. The smallest absolute Gasteiger partial charge is 0.228 e. The molecular weight excluding hydrogens is 220 g/mol. The van der Waals surface area contributed by atoms with Crippen LogP contribution >= 0.6 is 0 Å². The molecule has 5 nitrogen and oxygen atoms in total. The Labute approximate surface area is 101 Å². The minimum atomic E-state index is -0.260. The summed E-state index contributed by atoms with van der Waals surface area (Å²) in [5, 5.41) is 12.9. The lowest BCUT2D eigenvalue weighted by Gasteiger charge is -2.37. The van der Waals surface area contributed by atoms with Gasteiger partial charge >= 0.3 is 0 Å². The molecule has 3 saturated heterocycles. The Bertz CT molecular complexity index is 319. The first-order valence-corrected chi connectivity index (χ1v) is 6.50. The third-order valence-electron chi connectivity index (χ3n) is 4.23. The minimum Gasteiger partial charge on any atom is -0.393 e. The molecule has 3 fully saturated rings. The van der Waals surface area contributed by atoms with E-state index >= 15 is 0 Å². The first kappa shape index (κ1) is 11.4. The Kier molecular flexibility index (Phi) is 2.84. The highest BCUT2D eigenvalue weighted by atomic mass is 16.5. The topological polar surface area (TPSA) is 61.8 Å². The van der Waals surface area contributed by atoms with Crippen LogP contribution in [0.4, 0.5) is 0 Å². The number of hydrogen-bond acceptors (Lipinski definition) is 4. The van der Waals surface area contributed by atoms with Gasteiger partial charge in [0.05, 0.1) is 17.6 Å². The molecule has 3 aliphatic rings. The van der Waals surface area contributed by atoms with Gasteiger partial charge in [0.15, 0.2) is 0 Å². The van der Waals surface area contributed by atoms with Crippen LogP contribution in [-0.4, -0.2) is 60.4 Å². The van der Waals surface area contributed by atoms with Crippen LogP contribution in [-0.2, 0) is 9.53 Å². The van der Waals surface area contributed by atoms with E-state index in [1.165, 1.54) is 0 Å². The molecule has 0 aliphatic carbocycles. The van der Waals surface area contributed by atoms with Crippen molar-refractivity contribution in [2.45, 2.75) is 31.0 Å². The lowest BCUT2D eigenvalue weighted by molar-refractivity contribution is -0.141. The average Bonchev–Trinajstić information content (AvgIpc) is 2.59. The van der Waals surface area contributed by atoms with Crippen molar-refractivity contribution in [3.8, 4) is 0 Å². The van der Waals surface area contributed by atoms with E-state index in [0.717, 1.165) is 32.5 Å². The van der Waals surface area contributed by atoms with Crippen LogP contribution in [0.3, 0.4) is 0 Å². The fourth-order valence-electron chi connectivity index (χ4n) is 3.04. The molecule has 0 aromatic rings. The number of likely N-dealkylation sites (tertiary alicyclic amines) is 1. The van der Waals surface area contributed by atoms with Crippen LogP contribution in [0.1, 0.15) is 19.3 Å². The zero-order valence-electron chi connectivity index (χ0n) is 10.0. The summed E-state index contributed by atoms with van der Waals surface area (Å²) in [6.45, 7) is 3.69. The van der Waals surface area contributed by atoms with E-state index < -0.39 is 0 Å². The zero-order chi connectivity index (χ0) is 11.9. The van der Waals surface area contributed by atoms with E-state index in [-0.39, 0.29) is 23.5 Å². The Balaban J connectivity index is 1.62. The van der Waals surface area contributed by atoms with Crippen molar-refractivity contribution in [3.05, 3.63) is 0 Å². The average molecular weight is 240 g/mol. The molecule has 2 atom stereocenters. The van der Waals surface area contributed by atoms with Gasteiger partial charge in [-0.3, -0.25) is 4.79 Å². The van der Waals surface area contributed by atoms with E-state index in [2.05, 4.69) is 5.32 Å². The predicted octanol–water partition coefficient (Wildman–Crippen LogP) is -0.652. The molecular formula is C12H20N2O3. The summed E-state index contributed by atoms with van der Waals surface area (Å²) in [7, 11) is 0. The van der Waals surface area contributed by atoms with Gasteiger partial charge < -0.3 is 20.1 Å². The van der Waals surface area contributed by atoms with Gasteiger partial charge in [0.2, 0.25) is 5.91 Å². The molecule has 96 valence electrons. The highest BCUT2D eigenvalue weighted by molar-refractivity contribution is 5.80. The van der Waals surface area contributed by atoms with Gasteiger partial charge in [-0.05, 0) is 12.8 Å². The van der Waals surface area contributed by atoms with E-state index in [4.69, 9.17) is 4.74 Å². The standard InChI is InChI=1S/C12H20N2O3/c15-10-1-4-17-12(5-10)2-3-14(8-12)11(16)9-6-13-7-9/h9-10,13,15H,1-8H2/t10-,12-/m0/s1. The van der Waals surface area contributed by atoms with Gasteiger partial charge in [-0.1, -0.05) is 0 Å². The third-order valence-corrected chi connectivity index (χ3v) is 4.23. The highest BCUT2D eigenvalue weighted by Crippen LogP contribution is 2.34. The molecule has 2 N–H and O–H groups in total. The van der Waals surface area contributed by atoms with Gasteiger partial charge in [0.25, 0.3) is 0 Å². The second-order valence-electron chi connectivity index (χ2n) is 5.54. The number of aliphatic hydroxyl groups is 1. The molecule has 0 radical (unpaired) electrons. The van der Waals surface area contributed by atoms with E-state index in [9.17, 15) is 9.90 Å². The van der Waals surface area contributed by atoms with Crippen LogP contribution in [0.15, 0.2) is 0 Å². The van der Waals surface area contributed by atoms with Gasteiger partial charge in [-0.2, -0.15) is 0 Å². The molecule has 17 heavy (non-hydrogen) atoms. The molecule has 0 aromatic carbocycles. The predicted molar refractivity (Wildman–Crippen MR) is 61.5 cm³/mol. The fourth-order valence-corrected chi connectivity index (χ4v) is 3.04. The van der Waals surface area contributed by atoms with Crippen LogP contribution in [0.2, 0.25) is 0 Å². The van der Waals surface area contributed by atoms with Gasteiger partial charge in [0, 0.05) is 39.2 Å². The number of nitrogens with zero attached hydrogens (tertiary/aromatic N) is 1. The van der Waals surface area contributed by atoms with Crippen molar-refractivity contribution in [2.24, 2.45) is 5.92 Å². The lowest BCUT2D eigenvalue weighted by Crippen LogP contribution is -2.52. The van der Waals surface area contributed by atoms with Gasteiger partial charge in [0.1, 0.15) is 0 Å². The zero-order valence-corrected chi connectivity index (χ0v) is 10.0. The second-order valence-corrected chi connectivity index (χ2v) is 5.54. The van der Waals surface area contributed by atoms with Crippen LogP contribution in [0, 0.1) is 5.92 Å². The molecule has 3 rings (SSSR count). The van der Waals surface area contributed by atoms with E-state index in [1.807, 2.05) is 4.90 Å². The Morgan fingerprint density at radius 1 is 1.47 bits per heavy atom. The summed E-state index contributed by atoms with van der Waals surface area (Å²) in [6.07, 6.45) is 2.02. The van der Waals surface area contributed by atoms with Crippen molar-refractivity contribution in [3.63, 3.8) is 0 Å². The van der Waals surface area contributed by atoms with Crippen LogP contribution in [0.5, 0.6) is 0 Å². The summed E-state index contributed by atoms with van der Waals surface area (Å²) in [6, 6.07) is 0. The van der Waals surface area contributed by atoms with Crippen LogP contribution < -0.4 is 5.32 Å². The van der Waals surface area contributed by atoms with E-state index in [0.29, 0.717) is 19.6 Å². The van der Waals surface area contributed by atoms with Crippen molar-refractivity contribution >= 4 is 5.91 Å². The van der Waals surface area contributed by atoms with Crippen LogP contribution in [0.25, 0.3) is 0 Å². The second kappa shape index (κ2) is 4.23. The summed E-state index contributed by atoms with van der Waals surface area (Å²) in [4.78, 5) is 14.0. The van der Waals surface area contributed by atoms with Crippen molar-refractivity contribution in [1.82, 2.24) is 10.2 Å². The monoisotopic (exact) mass is 240 g/mol. The molecule has 0 aromatic heterocycles. The van der Waals surface area contributed by atoms with Crippen molar-refractivity contribution in [2.75, 3.05) is 32.8 Å². The number of hydrogen-bond donors (Lipinski definition) is 2. The third kappa shape index (κ3) is 2.07. The molecule has 3 heterocycles. The summed E-state index contributed by atoms with van der Waals surface area (Å²) < 4.78 is 5.84. The summed E-state index contributed by atoms with van der Waals surface area (Å²) in [5.41, 5.74) is -0.259. The Morgan fingerprint density at radius 3 is 2.94 bits per heavy atom. The Morgan fingerprint density at radius 2 is 2.29 bits per heavy atom. The minimum absolute atomic E-state index is 0.165. The number of carbonyl (C=O) groups excluding carboxylic acids is 1. The number of carbonyl (C=O) groups is 1. The van der Waals surface area contributed by atoms with Crippen molar-refractivity contribution in [1.29, 1.82) is 0 Å². The molecule has 0 unspecified atom stereocenters.